The smallest absolute Gasteiger partial charge is 0.263 e. The number of likely N-dealkylation sites (N-methyl/N-ethyl adjacent to an activating group) is 1. The monoisotopic (exact) mass is 402 g/mol. The van der Waals surface area contributed by atoms with Crippen molar-refractivity contribution in [3.8, 4) is 5.75 Å². The van der Waals surface area contributed by atoms with E-state index in [-0.39, 0.29) is 9.92 Å². The van der Waals surface area contributed by atoms with Gasteiger partial charge in [0.25, 0.3) is 10.0 Å². The van der Waals surface area contributed by atoms with Crippen molar-refractivity contribution in [1.29, 1.82) is 0 Å². The van der Waals surface area contributed by atoms with E-state index in [1.165, 1.54) is 18.2 Å². The predicted octanol–water partition coefficient (Wildman–Crippen LogP) is 4.04. The second-order valence-electron chi connectivity index (χ2n) is 5.81. The molecule has 0 aliphatic rings. The first-order chi connectivity index (χ1) is 11.7. The molecule has 0 radical (unpaired) electrons. The second-order valence-corrected chi connectivity index (χ2v) is 8.31. The predicted molar refractivity (Wildman–Crippen MR) is 102 cm³/mol. The van der Waals surface area contributed by atoms with Crippen LogP contribution in [0.25, 0.3) is 0 Å². The Morgan fingerprint density at radius 3 is 2.52 bits per heavy atom. The van der Waals surface area contributed by atoms with Crippen LogP contribution in [0.15, 0.2) is 41.3 Å². The number of hydrogen-bond acceptors (Lipinski definition) is 4. The maximum atomic E-state index is 12.6. The van der Waals surface area contributed by atoms with E-state index < -0.39 is 10.0 Å². The van der Waals surface area contributed by atoms with Gasteiger partial charge in [-0.05, 0) is 50.8 Å². The zero-order valence-corrected chi connectivity index (χ0v) is 16.5. The molecular weight excluding hydrogens is 383 g/mol. The summed E-state index contributed by atoms with van der Waals surface area (Å²) >= 11 is 11.9. The Balaban J connectivity index is 2.23. The normalized spacial score (nSPS) is 11.6. The number of nitrogens with one attached hydrogen (secondary N) is 1. The first-order valence-electron chi connectivity index (χ1n) is 7.55. The highest BCUT2D eigenvalue weighted by molar-refractivity contribution is 7.92. The van der Waals surface area contributed by atoms with Crippen LogP contribution in [0, 0.1) is 6.92 Å². The fraction of sp³-hybridized carbons (Fsp3) is 0.294. The minimum absolute atomic E-state index is 0.0719. The number of benzene rings is 2. The molecule has 0 bridgehead atoms. The van der Waals surface area contributed by atoms with Crippen LogP contribution in [0.2, 0.25) is 10.0 Å². The molecule has 0 fully saturated rings. The highest BCUT2D eigenvalue weighted by Crippen LogP contribution is 2.29. The summed E-state index contributed by atoms with van der Waals surface area (Å²) in [6.45, 7) is 3.16. The summed E-state index contributed by atoms with van der Waals surface area (Å²) in [5.74, 6) is 0.624. The number of halogens is 2. The summed E-state index contributed by atoms with van der Waals surface area (Å²) in [6, 6.07) is 9.41. The van der Waals surface area contributed by atoms with Crippen molar-refractivity contribution in [2.45, 2.75) is 11.8 Å². The highest BCUT2D eigenvalue weighted by atomic mass is 35.5. The van der Waals surface area contributed by atoms with Crippen LogP contribution in [0.5, 0.6) is 5.75 Å². The molecule has 0 aliphatic carbocycles. The van der Waals surface area contributed by atoms with Crippen molar-refractivity contribution in [2.75, 3.05) is 32.0 Å². The summed E-state index contributed by atoms with van der Waals surface area (Å²) < 4.78 is 33.4. The van der Waals surface area contributed by atoms with E-state index in [9.17, 15) is 8.42 Å². The zero-order chi connectivity index (χ0) is 18.6. The summed E-state index contributed by atoms with van der Waals surface area (Å²) in [6.07, 6.45) is 0. The van der Waals surface area contributed by atoms with Crippen molar-refractivity contribution >= 4 is 38.9 Å². The Bertz CT molecular complexity index is 855. The molecule has 2 aromatic carbocycles. The van der Waals surface area contributed by atoms with Crippen molar-refractivity contribution in [3.05, 3.63) is 52.0 Å². The SMILES string of the molecule is Cc1ccc(NS(=O)(=O)c2cc(Cl)ccc2Cl)cc1OCCN(C)C. The average Bonchev–Trinajstić information content (AvgIpc) is 2.52. The van der Waals surface area contributed by atoms with E-state index in [0.29, 0.717) is 23.1 Å². The summed E-state index contributed by atoms with van der Waals surface area (Å²) in [5, 5.41) is 0.396. The van der Waals surface area contributed by atoms with Crippen LogP contribution < -0.4 is 9.46 Å². The topological polar surface area (TPSA) is 58.6 Å². The molecule has 0 saturated carbocycles. The second kappa shape index (κ2) is 8.27. The molecule has 0 amide bonds. The minimum atomic E-state index is -3.86. The Kier molecular flexibility index (Phi) is 6.57. The van der Waals surface area contributed by atoms with E-state index in [0.717, 1.165) is 12.1 Å². The molecule has 2 aromatic rings. The number of anilines is 1. The van der Waals surface area contributed by atoms with Gasteiger partial charge < -0.3 is 9.64 Å². The third kappa shape index (κ3) is 5.51. The van der Waals surface area contributed by atoms with Gasteiger partial charge in [-0.1, -0.05) is 29.3 Å². The lowest BCUT2D eigenvalue weighted by atomic mass is 10.2. The van der Waals surface area contributed by atoms with Gasteiger partial charge in [0.15, 0.2) is 0 Å². The molecule has 0 aromatic heterocycles. The van der Waals surface area contributed by atoms with E-state index >= 15 is 0 Å². The summed E-state index contributed by atoms with van der Waals surface area (Å²) in [4.78, 5) is 1.93. The molecule has 0 saturated heterocycles. The molecule has 5 nitrogen and oxygen atoms in total. The van der Waals surface area contributed by atoms with Gasteiger partial charge in [-0.2, -0.15) is 0 Å². The fourth-order valence-electron chi connectivity index (χ4n) is 2.05. The molecule has 0 unspecified atom stereocenters. The molecule has 0 atom stereocenters. The molecule has 136 valence electrons. The lowest BCUT2D eigenvalue weighted by molar-refractivity contribution is 0.260. The molecule has 0 heterocycles. The summed E-state index contributed by atoms with van der Waals surface area (Å²) in [5.41, 5.74) is 1.31. The van der Waals surface area contributed by atoms with Crippen LogP contribution >= 0.6 is 23.2 Å². The van der Waals surface area contributed by atoms with Crippen LogP contribution in [0.3, 0.4) is 0 Å². The van der Waals surface area contributed by atoms with E-state index in [1.807, 2.05) is 25.9 Å². The molecule has 0 aliphatic heterocycles. The summed E-state index contributed by atoms with van der Waals surface area (Å²) in [7, 11) is 0.0475. The lowest BCUT2D eigenvalue weighted by Gasteiger charge is -2.15. The lowest BCUT2D eigenvalue weighted by Crippen LogP contribution is -2.19. The molecule has 8 heteroatoms. The van der Waals surface area contributed by atoms with Gasteiger partial charge in [-0.3, -0.25) is 4.72 Å². The van der Waals surface area contributed by atoms with Crippen LogP contribution in [0.4, 0.5) is 5.69 Å². The van der Waals surface area contributed by atoms with Gasteiger partial charge in [0.05, 0.1) is 10.7 Å². The minimum Gasteiger partial charge on any atom is -0.492 e. The van der Waals surface area contributed by atoms with Gasteiger partial charge in [0, 0.05) is 17.6 Å². The first kappa shape index (κ1) is 19.8. The van der Waals surface area contributed by atoms with Gasteiger partial charge in [-0.25, -0.2) is 8.42 Å². The van der Waals surface area contributed by atoms with Gasteiger partial charge in [-0.15, -0.1) is 0 Å². The number of nitrogens with zero attached hydrogens (tertiary/aromatic N) is 1. The standard InChI is InChI=1S/C17H20Cl2N2O3S/c1-12-4-6-14(11-16(12)24-9-8-21(2)3)20-25(22,23)17-10-13(18)5-7-15(17)19/h4-7,10-11,20H,8-9H2,1-3H3. The van der Waals surface area contributed by atoms with E-state index in [2.05, 4.69) is 4.72 Å². The maximum absolute atomic E-state index is 12.6. The Hall–Kier alpha value is -1.47. The van der Waals surface area contributed by atoms with Gasteiger partial charge >= 0.3 is 0 Å². The quantitative estimate of drug-likeness (QED) is 0.758. The third-order valence-corrected chi connectivity index (χ3v) is 5.52. The Morgan fingerprint density at radius 1 is 1.12 bits per heavy atom. The largest absolute Gasteiger partial charge is 0.492 e. The van der Waals surface area contributed by atoms with Crippen molar-refractivity contribution in [3.63, 3.8) is 0 Å². The first-order valence-corrected chi connectivity index (χ1v) is 9.79. The molecule has 1 N–H and O–H groups in total. The zero-order valence-electron chi connectivity index (χ0n) is 14.2. The molecule has 0 spiro atoms. The fourth-order valence-corrected chi connectivity index (χ4v) is 3.86. The average molecular weight is 403 g/mol. The van der Waals surface area contributed by atoms with Gasteiger partial charge in [0.2, 0.25) is 0 Å². The number of aryl methyl sites for hydroxylation is 1. The highest BCUT2D eigenvalue weighted by Gasteiger charge is 2.19. The molecule has 25 heavy (non-hydrogen) atoms. The van der Waals surface area contributed by atoms with Crippen molar-refractivity contribution in [2.24, 2.45) is 0 Å². The van der Waals surface area contributed by atoms with Crippen molar-refractivity contribution in [1.82, 2.24) is 4.90 Å². The molecular formula is C17H20Cl2N2O3S. The van der Waals surface area contributed by atoms with Crippen molar-refractivity contribution < 1.29 is 13.2 Å². The number of sulfonamides is 1. The number of ether oxygens (including phenoxy) is 1. The third-order valence-electron chi connectivity index (χ3n) is 3.42. The Morgan fingerprint density at radius 2 is 1.84 bits per heavy atom. The van der Waals surface area contributed by atoms with E-state index in [1.54, 1.807) is 18.2 Å². The number of rotatable bonds is 7. The number of hydrogen-bond donors (Lipinski definition) is 1. The maximum Gasteiger partial charge on any atom is 0.263 e. The van der Waals surface area contributed by atoms with E-state index in [4.69, 9.17) is 27.9 Å². The van der Waals surface area contributed by atoms with Crippen LogP contribution in [0.1, 0.15) is 5.56 Å². The Labute approximate surface area is 158 Å². The van der Waals surface area contributed by atoms with Crippen LogP contribution in [-0.2, 0) is 10.0 Å². The van der Waals surface area contributed by atoms with Gasteiger partial charge in [0.1, 0.15) is 17.3 Å². The molecule has 2 rings (SSSR count). The van der Waals surface area contributed by atoms with Crippen LogP contribution in [-0.4, -0.2) is 40.6 Å².